The van der Waals surface area contributed by atoms with E-state index in [4.69, 9.17) is 5.73 Å². The molecular formula is C14H23N5O. The van der Waals surface area contributed by atoms with E-state index in [9.17, 15) is 4.79 Å². The van der Waals surface area contributed by atoms with E-state index in [-0.39, 0.29) is 11.9 Å². The summed E-state index contributed by atoms with van der Waals surface area (Å²) in [6.07, 6.45) is 2.02. The van der Waals surface area contributed by atoms with Gasteiger partial charge in [-0.25, -0.2) is 4.98 Å². The number of rotatable bonds is 4. The summed E-state index contributed by atoms with van der Waals surface area (Å²) >= 11 is 0. The molecule has 0 aromatic carbocycles. The average Bonchev–Trinajstić information content (AvgIpc) is 2.39. The Labute approximate surface area is 120 Å². The van der Waals surface area contributed by atoms with E-state index in [2.05, 4.69) is 27.1 Å². The highest BCUT2D eigenvalue weighted by Gasteiger charge is 2.15. The Morgan fingerprint density at radius 1 is 1.40 bits per heavy atom. The number of hydrogen-bond donors (Lipinski definition) is 2. The summed E-state index contributed by atoms with van der Waals surface area (Å²) in [5.74, 6) is 0.887. The van der Waals surface area contributed by atoms with Gasteiger partial charge in [0.1, 0.15) is 5.82 Å². The number of nitrogens with two attached hydrogens (primary N) is 1. The van der Waals surface area contributed by atoms with Crippen molar-refractivity contribution >= 4 is 17.4 Å². The Kier molecular flexibility index (Phi) is 4.92. The Morgan fingerprint density at radius 2 is 2.10 bits per heavy atom. The van der Waals surface area contributed by atoms with Crippen LogP contribution in [0, 0.1) is 0 Å². The van der Waals surface area contributed by atoms with Crippen LogP contribution in [0.5, 0.6) is 0 Å². The standard InChI is InChI=1S/C14H23N5O/c1-11(15)9-14(20)17-12-3-4-13(16-10-12)19-7-5-18(2)6-8-19/h3-4,10-11H,5-9,15H2,1-2H3,(H,17,20). The minimum Gasteiger partial charge on any atom is -0.354 e. The smallest absolute Gasteiger partial charge is 0.225 e. The zero-order chi connectivity index (χ0) is 14.5. The van der Waals surface area contributed by atoms with Crippen LogP contribution in [0.4, 0.5) is 11.5 Å². The van der Waals surface area contributed by atoms with Crippen molar-refractivity contribution in [2.24, 2.45) is 5.73 Å². The van der Waals surface area contributed by atoms with E-state index in [0.29, 0.717) is 12.1 Å². The summed E-state index contributed by atoms with van der Waals surface area (Å²) < 4.78 is 0. The van der Waals surface area contributed by atoms with Gasteiger partial charge in [0.2, 0.25) is 5.91 Å². The maximum atomic E-state index is 11.6. The normalized spacial score (nSPS) is 17.9. The van der Waals surface area contributed by atoms with Gasteiger partial charge >= 0.3 is 0 Å². The summed E-state index contributed by atoms with van der Waals surface area (Å²) in [4.78, 5) is 20.6. The van der Waals surface area contributed by atoms with Crippen molar-refractivity contribution in [3.05, 3.63) is 18.3 Å². The summed E-state index contributed by atoms with van der Waals surface area (Å²) in [7, 11) is 2.13. The molecule has 0 aliphatic carbocycles. The topological polar surface area (TPSA) is 74.5 Å². The van der Waals surface area contributed by atoms with Crippen molar-refractivity contribution in [3.63, 3.8) is 0 Å². The number of piperazine rings is 1. The largest absolute Gasteiger partial charge is 0.354 e. The molecule has 6 heteroatoms. The molecule has 1 atom stereocenters. The zero-order valence-corrected chi connectivity index (χ0v) is 12.2. The number of amides is 1. The molecule has 2 heterocycles. The summed E-state index contributed by atoms with van der Waals surface area (Å²) in [6.45, 7) is 5.89. The number of aromatic nitrogens is 1. The molecule has 2 rings (SSSR count). The van der Waals surface area contributed by atoms with Crippen molar-refractivity contribution < 1.29 is 4.79 Å². The van der Waals surface area contributed by atoms with Gasteiger partial charge in [0.25, 0.3) is 0 Å². The molecule has 6 nitrogen and oxygen atoms in total. The zero-order valence-electron chi connectivity index (χ0n) is 12.2. The Hall–Kier alpha value is -1.66. The van der Waals surface area contributed by atoms with Crippen LogP contribution in [0.15, 0.2) is 18.3 Å². The van der Waals surface area contributed by atoms with Crippen molar-refractivity contribution in [2.45, 2.75) is 19.4 Å². The fourth-order valence-electron chi connectivity index (χ4n) is 2.19. The summed E-state index contributed by atoms with van der Waals surface area (Å²) in [6, 6.07) is 3.71. The van der Waals surface area contributed by atoms with Gasteiger partial charge < -0.3 is 20.9 Å². The molecule has 0 bridgehead atoms. The minimum absolute atomic E-state index is 0.0749. The molecule has 1 aliphatic heterocycles. The van der Waals surface area contributed by atoms with Crippen LogP contribution in [0.25, 0.3) is 0 Å². The molecule has 0 saturated carbocycles. The SMILES string of the molecule is CC(N)CC(=O)Nc1ccc(N2CCN(C)CC2)nc1. The van der Waals surface area contributed by atoms with Gasteiger partial charge in [-0.3, -0.25) is 4.79 Å². The van der Waals surface area contributed by atoms with Crippen LogP contribution in [-0.2, 0) is 4.79 Å². The maximum Gasteiger partial charge on any atom is 0.225 e. The molecule has 1 amide bonds. The molecule has 1 saturated heterocycles. The number of carbonyl (C=O) groups is 1. The number of hydrogen-bond acceptors (Lipinski definition) is 5. The molecule has 1 unspecified atom stereocenters. The van der Waals surface area contributed by atoms with Crippen molar-refractivity contribution in [1.29, 1.82) is 0 Å². The lowest BCUT2D eigenvalue weighted by molar-refractivity contribution is -0.116. The fraction of sp³-hybridized carbons (Fsp3) is 0.571. The third-order valence-corrected chi connectivity index (χ3v) is 3.37. The molecule has 1 aromatic heterocycles. The second-order valence-corrected chi connectivity index (χ2v) is 5.42. The van der Waals surface area contributed by atoms with E-state index in [1.807, 2.05) is 19.1 Å². The van der Waals surface area contributed by atoms with Gasteiger partial charge in [0.05, 0.1) is 11.9 Å². The number of pyridine rings is 1. The van der Waals surface area contributed by atoms with Crippen molar-refractivity contribution in [2.75, 3.05) is 43.4 Å². The van der Waals surface area contributed by atoms with Crippen molar-refractivity contribution in [3.8, 4) is 0 Å². The highest BCUT2D eigenvalue weighted by atomic mass is 16.1. The molecule has 110 valence electrons. The number of nitrogens with zero attached hydrogens (tertiary/aromatic N) is 3. The van der Waals surface area contributed by atoms with Crippen molar-refractivity contribution in [1.82, 2.24) is 9.88 Å². The van der Waals surface area contributed by atoms with Gasteiger partial charge in [0.15, 0.2) is 0 Å². The maximum absolute atomic E-state index is 11.6. The first-order valence-corrected chi connectivity index (χ1v) is 6.99. The van der Waals surface area contributed by atoms with Crippen LogP contribution in [0.2, 0.25) is 0 Å². The number of anilines is 2. The number of carbonyl (C=O) groups excluding carboxylic acids is 1. The van der Waals surface area contributed by atoms with Gasteiger partial charge in [-0.1, -0.05) is 0 Å². The lowest BCUT2D eigenvalue weighted by Gasteiger charge is -2.33. The second kappa shape index (κ2) is 6.67. The van der Waals surface area contributed by atoms with E-state index in [0.717, 1.165) is 32.0 Å². The van der Waals surface area contributed by atoms with E-state index in [1.54, 1.807) is 6.20 Å². The molecule has 1 aromatic rings. The van der Waals surface area contributed by atoms with Crippen LogP contribution in [0.1, 0.15) is 13.3 Å². The Balaban J connectivity index is 1.91. The van der Waals surface area contributed by atoms with E-state index >= 15 is 0 Å². The summed E-state index contributed by atoms with van der Waals surface area (Å²) in [5, 5.41) is 2.80. The van der Waals surface area contributed by atoms with E-state index < -0.39 is 0 Å². The molecule has 3 N–H and O–H groups in total. The first-order valence-electron chi connectivity index (χ1n) is 6.99. The first kappa shape index (κ1) is 14.7. The third kappa shape index (κ3) is 4.18. The van der Waals surface area contributed by atoms with E-state index in [1.165, 1.54) is 0 Å². The molecule has 20 heavy (non-hydrogen) atoms. The van der Waals surface area contributed by atoms with Crippen LogP contribution in [-0.4, -0.2) is 55.1 Å². The Morgan fingerprint density at radius 3 is 2.65 bits per heavy atom. The van der Waals surface area contributed by atoms with Gasteiger partial charge in [-0.15, -0.1) is 0 Å². The Bertz CT molecular complexity index is 437. The van der Waals surface area contributed by atoms with Gasteiger partial charge in [0, 0.05) is 38.6 Å². The molecule has 0 spiro atoms. The van der Waals surface area contributed by atoms with Crippen LogP contribution < -0.4 is 16.0 Å². The second-order valence-electron chi connectivity index (χ2n) is 5.42. The monoisotopic (exact) mass is 277 g/mol. The molecule has 1 fully saturated rings. The third-order valence-electron chi connectivity index (χ3n) is 3.37. The molecule has 1 aliphatic rings. The molecule has 0 radical (unpaired) electrons. The predicted octanol–water partition coefficient (Wildman–Crippen LogP) is 0.509. The fourth-order valence-corrected chi connectivity index (χ4v) is 2.19. The van der Waals surface area contributed by atoms with Gasteiger partial charge in [-0.2, -0.15) is 0 Å². The highest BCUT2D eigenvalue weighted by molar-refractivity contribution is 5.90. The molecular weight excluding hydrogens is 254 g/mol. The summed E-state index contributed by atoms with van der Waals surface area (Å²) in [5.41, 5.74) is 6.31. The van der Waals surface area contributed by atoms with Crippen LogP contribution in [0.3, 0.4) is 0 Å². The van der Waals surface area contributed by atoms with Crippen LogP contribution >= 0.6 is 0 Å². The first-order chi connectivity index (χ1) is 9.54. The average molecular weight is 277 g/mol. The number of nitrogens with one attached hydrogen (secondary N) is 1. The minimum atomic E-state index is -0.132. The lowest BCUT2D eigenvalue weighted by Crippen LogP contribution is -2.44. The lowest BCUT2D eigenvalue weighted by atomic mass is 10.2. The predicted molar refractivity (Wildman–Crippen MR) is 80.8 cm³/mol. The highest BCUT2D eigenvalue weighted by Crippen LogP contribution is 2.16. The van der Waals surface area contributed by atoms with Gasteiger partial charge in [-0.05, 0) is 26.1 Å². The number of likely N-dealkylation sites (N-methyl/N-ethyl adjacent to an activating group) is 1. The quantitative estimate of drug-likeness (QED) is 0.839.